The number of nitrogens with one attached hydrogen (secondary N) is 1. The van der Waals surface area contributed by atoms with Gasteiger partial charge in [-0.15, -0.1) is 23.1 Å². The maximum Gasteiger partial charge on any atom is 1.00 e. The number of β-lactam (4-membered cyclic amide) rings is 1. The molecule has 3 aliphatic heterocycles. The predicted molar refractivity (Wildman–Crippen MR) is 119 cm³/mol. The van der Waals surface area contributed by atoms with Gasteiger partial charge in [-0.1, -0.05) is 6.92 Å². The van der Waals surface area contributed by atoms with Crippen LogP contribution in [0.1, 0.15) is 13.8 Å². The van der Waals surface area contributed by atoms with Gasteiger partial charge in [0, 0.05) is 34.5 Å². The number of aliphatic hydroxyl groups is 3. The fourth-order valence-electron chi connectivity index (χ4n) is 4.44. The number of anilines is 2. The van der Waals surface area contributed by atoms with Crippen molar-refractivity contribution < 1.29 is 64.4 Å². The van der Waals surface area contributed by atoms with Crippen molar-refractivity contribution in [1.82, 2.24) is 9.88 Å². The molecule has 34 heavy (non-hydrogen) atoms. The fraction of sp³-hybridized carbons (Fsp3) is 0.600. The summed E-state index contributed by atoms with van der Waals surface area (Å²) in [6, 6.07) is -0.365. The molecule has 2 saturated heterocycles. The summed E-state index contributed by atoms with van der Waals surface area (Å²) < 4.78 is 0. The second-order valence-electron chi connectivity index (χ2n) is 8.47. The monoisotopic (exact) mass is 520 g/mol. The Balaban J connectivity index is 0.00000324. The molecule has 0 spiro atoms. The van der Waals surface area contributed by atoms with E-state index >= 15 is 0 Å². The zero-order valence-corrected chi connectivity index (χ0v) is 22.6. The van der Waals surface area contributed by atoms with E-state index in [1.807, 2.05) is 11.8 Å². The van der Waals surface area contributed by atoms with E-state index in [0.29, 0.717) is 28.9 Å². The van der Waals surface area contributed by atoms with Crippen molar-refractivity contribution in [2.75, 3.05) is 36.5 Å². The van der Waals surface area contributed by atoms with Gasteiger partial charge in [-0.25, -0.2) is 4.98 Å². The number of carbonyl (C=O) groups excluding carboxylic acids is 3. The van der Waals surface area contributed by atoms with E-state index in [9.17, 15) is 24.6 Å². The molecular formula is C20H25N4NaO7S2. The van der Waals surface area contributed by atoms with Gasteiger partial charge in [-0.05, 0) is 6.92 Å². The van der Waals surface area contributed by atoms with Gasteiger partial charge >= 0.3 is 29.6 Å². The van der Waals surface area contributed by atoms with E-state index in [0.717, 1.165) is 0 Å². The summed E-state index contributed by atoms with van der Waals surface area (Å²) in [5.41, 5.74) is -0.0839. The minimum Gasteiger partial charge on any atom is -0.543 e. The van der Waals surface area contributed by atoms with Crippen molar-refractivity contribution in [2.24, 2.45) is 17.8 Å². The van der Waals surface area contributed by atoms with Crippen LogP contribution in [0, 0.1) is 17.8 Å². The van der Waals surface area contributed by atoms with Crippen LogP contribution < -0.4 is 44.9 Å². The van der Waals surface area contributed by atoms with Crippen LogP contribution >= 0.6 is 23.1 Å². The quantitative estimate of drug-likeness (QED) is 0.184. The Hall–Kier alpha value is -1.19. The normalized spacial score (nSPS) is 25.0. The van der Waals surface area contributed by atoms with Crippen LogP contribution in [0.4, 0.5) is 10.9 Å². The minimum atomic E-state index is -1.38. The molecular weight excluding hydrogens is 495 g/mol. The summed E-state index contributed by atoms with van der Waals surface area (Å²) in [5, 5.41) is 44.9. The summed E-state index contributed by atoms with van der Waals surface area (Å²) in [4.78, 5) is 44.4. The number of aromatic nitrogens is 1. The number of thioether (sulfide) groups is 1. The maximum absolute atomic E-state index is 12.4. The van der Waals surface area contributed by atoms with Gasteiger partial charge in [0.2, 0.25) is 11.8 Å². The molecule has 180 valence electrons. The predicted octanol–water partition coefficient (Wildman–Crippen LogP) is -4.57. The van der Waals surface area contributed by atoms with Crippen LogP contribution in [0.25, 0.3) is 0 Å². The number of carboxylic acid groups (broad SMARTS) is 1. The Morgan fingerprint density at radius 3 is 2.56 bits per heavy atom. The van der Waals surface area contributed by atoms with Crippen LogP contribution in [-0.4, -0.2) is 86.7 Å². The Morgan fingerprint density at radius 2 is 2.00 bits per heavy atom. The molecule has 2 amide bonds. The number of rotatable bonds is 9. The van der Waals surface area contributed by atoms with Crippen molar-refractivity contribution >= 4 is 51.8 Å². The standard InChI is InChI=1S/C20H26N4O7S2.Na/c1-8-14-13(9(2)27)18(29)24(14)15(19(30)31)16(8)33-11-3-23(4-11)20-22-12(7-32-20)21-17(28)10(5-25)6-26;/h7-11,13-14,25-27H,3-6H2,1-2H3,(H,21,28)(H,30,31);/q;+1/p-1/t8-,9-,13-,14-;/m1./s1. The van der Waals surface area contributed by atoms with Gasteiger partial charge in [0.25, 0.3) is 0 Å². The SMILES string of the molecule is C[C@@H](O)[C@H]1C(=O)N2C(C(=O)[O-])=C(SC3CN(c4nc(NC(=O)C(CO)CO)cs4)C3)[C@H](C)[C@H]12.[Na+]. The Kier molecular flexibility index (Phi) is 8.72. The van der Waals surface area contributed by atoms with E-state index in [1.165, 1.54) is 28.0 Å². The Labute approximate surface area is 226 Å². The first-order valence-electron chi connectivity index (χ1n) is 10.5. The molecule has 4 atom stereocenters. The van der Waals surface area contributed by atoms with Gasteiger partial charge in [0.05, 0.1) is 48.9 Å². The minimum absolute atomic E-state index is 0. The summed E-state index contributed by atoms with van der Waals surface area (Å²) in [6.07, 6.45) is -0.850. The molecule has 0 saturated carbocycles. The first-order chi connectivity index (χ1) is 15.7. The molecule has 14 heteroatoms. The second-order valence-corrected chi connectivity index (χ2v) is 10.6. The third-order valence-electron chi connectivity index (χ3n) is 6.27. The Bertz CT molecular complexity index is 993. The average Bonchev–Trinajstić information content (AvgIpc) is 3.26. The van der Waals surface area contributed by atoms with Crippen molar-refractivity contribution in [3.63, 3.8) is 0 Å². The zero-order valence-electron chi connectivity index (χ0n) is 19.0. The van der Waals surface area contributed by atoms with Crippen LogP contribution in [-0.2, 0) is 14.4 Å². The van der Waals surface area contributed by atoms with Gasteiger partial charge < -0.3 is 40.3 Å². The smallest absolute Gasteiger partial charge is 0.543 e. The number of hydrogen-bond acceptors (Lipinski definition) is 11. The molecule has 1 aromatic rings. The third-order valence-corrected chi connectivity index (χ3v) is 8.62. The molecule has 3 aliphatic rings. The maximum atomic E-state index is 12.4. The first-order valence-corrected chi connectivity index (χ1v) is 12.3. The first kappa shape index (κ1) is 27.4. The van der Waals surface area contributed by atoms with E-state index in [2.05, 4.69) is 10.3 Å². The number of aliphatic carboxylic acids is 1. The molecule has 0 radical (unpaired) electrons. The van der Waals surface area contributed by atoms with Gasteiger partial charge in [-0.2, -0.15) is 0 Å². The molecule has 0 aromatic carbocycles. The average molecular weight is 521 g/mol. The van der Waals surface area contributed by atoms with Crippen LogP contribution in [0.3, 0.4) is 0 Å². The van der Waals surface area contributed by atoms with Crippen LogP contribution in [0.2, 0.25) is 0 Å². The number of aliphatic hydroxyl groups excluding tert-OH is 3. The topological polar surface area (TPSA) is 166 Å². The molecule has 4 rings (SSSR count). The van der Waals surface area contributed by atoms with E-state index < -0.39 is 43.0 Å². The number of carbonyl (C=O) groups is 3. The molecule has 0 bridgehead atoms. The zero-order chi connectivity index (χ0) is 24.0. The van der Waals surface area contributed by atoms with Gasteiger partial charge in [-0.3, -0.25) is 9.59 Å². The van der Waals surface area contributed by atoms with E-state index in [1.54, 1.807) is 12.3 Å². The van der Waals surface area contributed by atoms with Crippen molar-refractivity contribution in [3.8, 4) is 0 Å². The summed E-state index contributed by atoms with van der Waals surface area (Å²) in [7, 11) is 0. The molecule has 1 aromatic heterocycles. The number of nitrogens with zero attached hydrogens (tertiary/aromatic N) is 3. The molecule has 4 heterocycles. The molecule has 2 fully saturated rings. The largest absolute Gasteiger partial charge is 1.00 e. The summed E-state index contributed by atoms with van der Waals surface area (Å²) in [5.74, 6) is -3.67. The number of amides is 2. The number of fused-ring (bicyclic) bond motifs is 1. The van der Waals surface area contributed by atoms with Crippen molar-refractivity contribution in [3.05, 3.63) is 16.0 Å². The van der Waals surface area contributed by atoms with Crippen molar-refractivity contribution in [2.45, 2.75) is 31.2 Å². The number of carboxylic acids is 1. The molecule has 4 N–H and O–H groups in total. The molecule has 11 nitrogen and oxygen atoms in total. The van der Waals surface area contributed by atoms with Crippen LogP contribution in [0.15, 0.2) is 16.0 Å². The molecule has 0 aliphatic carbocycles. The van der Waals surface area contributed by atoms with E-state index in [-0.39, 0.29) is 58.4 Å². The second kappa shape index (κ2) is 10.8. The Morgan fingerprint density at radius 1 is 1.35 bits per heavy atom. The van der Waals surface area contributed by atoms with E-state index in [4.69, 9.17) is 10.2 Å². The number of thiazole rings is 1. The van der Waals surface area contributed by atoms with Crippen LogP contribution in [0.5, 0.6) is 0 Å². The van der Waals surface area contributed by atoms with Gasteiger partial charge in [0.1, 0.15) is 5.82 Å². The van der Waals surface area contributed by atoms with Gasteiger partial charge in [0.15, 0.2) is 5.13 Å². The summed E-state index contributed by atoms with van der Waals surface area (Å²) >= 11 is 2.76. The molecule has 0 unspecified atom stereocenters. The fourth-order valence-corrected chi connectivity index (χ4v) is 6.73. The summed E-state index contributed by atoms with van der Waals surface area (Å²) in [6.45, 7) is 3.70. The number of hydrogen-bond donors (Lipinski definition) is 4. The van der Waals surface area contributed by atoms with Crippen molar-refractivity contribution in [1.29, 1.82) is 0 Å². The third kappa shape index (κ3) is 4.76.